The first kappa shape index (κ1) is 19.8. The van der Waals surface area contributed by atoms with Crippen molar-refractivity contribution in [2.75, 3.05) is 18.9 Å². The lowest BCUT2D eigenvalue weighted by atomic mass is 9.98. The molecule has 160 valence electrons. The summed E-state index contributed by atoms with van der Waals surface area (Å²) in [5.41, 5.74) is 1.24. The normalized spacial score (nSPS) is 18.2. The van der Waals surface area contributed by atoms with Crippen molar-refractivity contribution in [3.8, 4) is 22.8 Å². The van der Waals surface area contributed by atoms with Gasteiger partial charge >= 0.3 is 0 Å². The summed E-state index contributed by atoms with van der Waals surface area (Å²) >= 11 is 0. The largest absolute Gasteiger partial charge is 0.373 e. The van der Waals surface area contributed by atoms with Crippen LogP contribution < -0.4 is 5.32 Å². The number of hydrogen-bond acceptors (Lipinski definition) is 9. The van der Waals surface area contributed by atoms with Crippen LogP contribution in [0.5, 0.6) is 0 Å². The van der Waals surface area contributed by atoms with Gasteiger partial charge in [-0.3, -0.25) is 9.78 Å². The molecule has 2 N–H and O–H groups in total. The number of anilines is 2. The van der Waals surface area contributed by atoms with E-state index in [4.69, 9.17) is 4.52 Å². The number of aliphatic hydroxyl groups is 1. The maximum Gasteiger partial charge on any atom is 0.262 e. The summed E-state index contributed by atoms with van der Waals surface area (Å²) in [6, 6.07) is 12.4. The number of likely N-dealkylation sites (tertiary alicyclic amines) is 1. The van der Waals surface area contributed by atoms with Crippen LogP contribution in [0.2, 0.25) is 0 Å². The molecular weight excluding hydrogens is 410 g/mol. The summed E-state index contributed by atoms with van der Waals surface area (Å²) in [5, 5.41) is 17.9. The zero-order valence-corrected chi connectivity index (χ0v) is 17.1. The molecule has 32 heavy (non-hydrogen) atoms. The van der Waals surface area contributed by atoms with Gasteiger partial charge in [-0.25, -0.2) is 15.0 Å². The van der Waals surface area contributed by atoms with Gasteiger partial charge in [-0.15, -0.1) is 0 Å². The Hall–Kier alpha value is -4.18. The zero-order valence-electron chi connectivity index (χ0n) is 17.1. The molecule has 5 rings (SSSR count). The van der Waals surface area contributed by atoms with E-state index >= 15 is 0 Å². The van der Waals surface area contributed by atoms with Crippen LogP contribution in [0.1, 0.15) is 12.2 Å². The molecule has 0 saturated carbocycles. The number of aromatic nitrogens is 5. The van der Waals surface area contributed by atoms with Crippen molar-refractivity contribution >= 4 is 17.5 Å². The number of carbonyl (C=O) groups is 1. The van der Waals surface area contributed by atoms with E-state index in [9.17, 15) is 9.90 Å². The number of carbonyl (C=O) groups excluding carboxylic acids is 1. The molecule has 4 aromatic rings. The SMILES string of the molecule is CN1CCC(O)(c2cc(-c3cccc(-c4ccnc(Nc5cccnc5)n4)n3)no2)C1=O. The average molecular weight is 429 g/mol. The van der Waals surface area contributed by atoms with E-state index in [-0.39, 0.29) is 12.2 Å². The lowest BCUT2D eigenvalue weighted by molar-refractivity contribution is -0.144. The number of pyridine rings is 2. The number of likely N-dealkylation sites (N-methyl/N-ethyl adjacent to an activating group) is 1. The second-order valence-corrected chi connectivity index (χ2v) is 7.45. The fourth-order valence-corrected chi connectivity index (χ4v) is 3.52. The van der Waals surface area contributed by atoms with Gasteiger partial charge in [-0.05, 0) is 30.3 Å². The van der Waals surface area contributed by atoms with Crippen LogP contribution in [-0.4, -0.2) is 54.6 Å². The van der Waals surface area contributed by atoms with Crippen LogP contribution >= 0.6 is 0 Å². The van der Waals surface area contributed by atoms with Crippen LogP contribution in [0.4, 0.5) is 11.6 Å². The quantitative estimate of drug-likeness (QED) is 0.491. The smallest absolute Gasteiger partial charge is 0.262 e. The molecule has 5 heterocycles. The van der Waals surface area contributed by atoms with E-state index in [2.05, 4.69) is 30.4 Å². The molecule has 1 amide bonds. The molecule has 0 aliphatic carbocycles. The number of nitrogens with one attached hydrogen (secondary N) is 1. The van der Waals surface area contributed by atoms with Crippen LogP contribution in [0.15, 0.2) is 65.6 Å². The van der Waals surface area contributed by atoms with Gasteiger partial charge in [0.2, 0.25) is 11.5 Å². The number of hydrogen-bond donors (Lipinski definition) is 2. The molecule has 0 aromatic carbocycles. The molecule has 0 spiro atoms. The molecule has 1 fully saturated rings. The molecule has 0 bridgehead atoms. The second-order valence-electron chi connectivity index (χ2n) is 7.45. The Balaban J connectivity index is 1.42. The van der Waals surface area contributed by atoms with Crippen molar-refractivity contribution in [2.24, 2.45) is 0 Å². The van der Waals surface area contributed by atoms with Gasteiger partial charge in [0.15, 0.2) is 5.76 Å². The Kier molecular flexibility index (Phi) is 4.83. The Morgan fingerprint density at radius 3 is 2.62 bits per heavy atom. The van der Waals surface area contributed by atoms with Gasteiger partial charge < -0.3 is 19.8 Å². The van der Waals surface area contributed by atoms with E-state index in [1.807, 2.05) is 24.3 Å². The Labute approximate surface area is 183 Å². The summed E-state index contributed by atoms with van der Waals surface area (Å²) in [6.07, 6.45) is 5.25. The maximum absolute atomic E-state index is 12.3. The van der Waals surface area contributed by atoms with E-state index in [1.165, 1.54) is 4.90 Å². The van der Waals surface area contributed by atoms with Gasteiger partial charge in [0.1, 0.15) is 5.69 Å². The van der Waals surface area contributed by atoms with Gasteiger partial charge in [-0.2, -0.15) is 0 Å². The molecule has 10 heteroatoms. The number of rotatable bonds is 5. The number of nitrogens with zero attached hydrogens (tertiary/aromatic N) is 6. The third kappa shape index (κ3) is 3.56. The molecule has 1 unspecified atom stereocenters. The van der Waals surface area contributed by atoms with Crippen molar-refractivity contribution < 1.29 is 14.4 Å². The highest BCUT2D eigenvalue weighted by molar-refractivity contribution is 5.87. The van der Waals surface area contributed by atoms with Crippen molar-refractivity contribution in [3.05, 3.63) is 66.8 Å². The Morgan fingerprint density at radius 2 is 1.88 bits per heavy atom. The number of amides is 1. The van der Waals surface area contributed by atoms with E-state index in [1.54, 1.807) is 43.8 Å². The lowest BCUT2D eigenvalue weighted by Gasteiger charge is -2.16. The third-order valence-corrected chi connectivity index (χ3v) is 5.27. The average Bonchev–Trinajstić information content (AvgIpc) is 3.43. The summed E-state index contributed by atoms with van der Waals surface area (Å²) in [7, 11) is 1.64. The summed E-state index contributed by atoms with van der Waals surface area (Å²) in [6.45, 7) is 0.447. The van der Waals surface area contributed by atoms with E-state index in [0.717, 1.165) is 5.69 Å². The molecule has 10 nitrogen and oxygen atoms in total. The highest BCUT2D eigenvalue weighted by Crippen LogP contribution is 2.34. The molecule has 1 atom stereocenters. The first-order valence-corrected chi connectivity index (χ1v) is 9.96. The minimum Gasteiger partial charge on any atom is -0.373 e. The molecule has 1 saturated heterocycles. The highest BCUT2D eigenvalue weighted by Gasteiger charge is 2.48. The van der Waals surface area contributed by atoms with Crippen LogP contribution in [0, 0.1) is 0 Å². The van der Waals surface area contributed by atoms with Crippen LogP contribution in [-0.2, 0) is 10.4 Å². The monoisotopic (exact) mass is 429 g/mol. The standard InChI is InChI=1S/C22H19N7O3/c1-29-11-8-22(31,20(29)30)19-12-18(28-32-19)16-6-2-5-15(26-16)17-7-10-24-21(27-17)25-14-4-3-9-23-13-14/h2-7,9-10,12-13,31H,8,11H2,1H3,(H,24,25,27). The molecule has 4 aromatic heterocycles. The minimum atomic E-state index is -1.70. The predicted octanol–water partition coefficient (Wildman–Crippen LogP) is 2.38. The first-order valence-electron chi connectivity index (χ1n) is 9.96. The fraction of sp³-hybridized carbons (Fsp3) is 0.182. The Bertz CT molecular complexity index is 1280. The van der Waals surface area contributed by atoms with Crippen molar-refractivity contribution in [3.63, 3.8) is 0 Å². The fourth-order valence-electron chi connectivity index (χ4n) is 3.52. The summed E-state index contributed by atoms with van der Waals surface area (Å²) in [4.78, 5) is 31.2. The highest BCUT2D eigenvalue weighted by atomic mass is 16.5. The summed E-state index contributed by atoms with van der Waals surface area (Å²) in [5.74, 6) is 0.119. The van der Waals surface area contributed by atoms with Crippen LogP contribution in [0.3, 0.4) is 0 Å². The van der Waals surface area contributed by atoms with Crippen molar-refractivity contribution in [1.29, 1.82) is 0 Å². The molecular formula is C22H19N7O3. The lowest BCUT2D eigenvalue weighted by Crippen LogP contribution is -2.35. The van der Waals surface area contributed by atoms with Crippen molar-refractivity contribution in [1.82, 2.24) is 30.0 Å². The predicted molar refractivity (Wildman–Crippen MR) is 114 cm³/mol. The van der Waals surface area contributed by atoms with Gasteiger partial charge in [-0.1, -0.05) is 11.2 Å². The van der Waals surface area contributed by atoms with Crippen LogP contribution in [0.25, 0.3) is 22.8 Å². The van der Waals surface area contributed by atoms with E-state index < -0.39 is 11.5 Å². The van der Waals surface area contributed by atoms with Gasteiger partial charge in [0.25, 0.3) is 5.91 Å². The minimum absolute atomic E-state index is 0.110. The first-order chi connectivity index (χ1) is 15.5. The third-order valence-electron chi connectivity index (χ3n) is 5.27. The Morgan fingerprint density at radius 1 is 1.06 bits per heavy atom. The molecule has 1 aliphatic rings. The molecule has 1 aliphatic heterocycles. The second kappa shape index (κ2) is 7.82. The zero-order chi connectivity index (χ0) is 22.1. The van der Waals surface area contributed by atoms with Crippen molar-refractivity contribution in [2.45, 2.75) is 12.0 Å². The molecule has 0 radical (unpaired) electrons. The van der Waals surface area contributed by atoms with Gasteiger partial charge in [0.05, 0.1) is 29.0 Å². The van der Waals surface area contributed by atoms with Gasteiger partial charge in [0, 0.05) is 38.5 Å². The maximum atomic E-state index is 12.3. The topological polar surface area (TPSA) is 130 Å². The summed E-state index contributed by atoms with van der Waals surface area (Å²) < 4.78 is 5.33. The van der Waals surface area contributed by atoms with E-state index in [0.29, 0.717) is 35.3 Å².